The van der Waals surface area contributed by atoms with E-state index >= 15 is 0 Å². The van der Waals surface area contributed by atoms with E-state index in [2.05, 4.69) is 146 Å². The molecule has 0 amide bonds. The van der Waals surface area contributed by atoms with Crippen molar-refractivity contribution in [2.45, 2.75) is 27.7 Å². The summed E-state index contributed by atoms with van der Waals surface area (Å²) in [5.41, 5.74) is 13.1. The molecule has 0 unspecified atom stereocenters. The first-order valence-corrected chi connectivity index (χ1v) is 13.8. The Morgan fingerprint density at radius 1 is 0.525 bits per heavy atom. The largest absolute Gasteiger partial charge is 0.309 e. The first-order valence-electron chi connectivity index (χ1n) is 13.8. The maximum absolute atomic E-state index is 4.91. The van der Waals surface area contributed by atoms with Crippen LogP contribution in [0.1, 0.15) is 22.4 Å². The van der Waals surface area contributed by atoms with Crippen molar-refractivity contribution in [3.63, 3.8) is 0 Å². The third kappa shape index (κ3) is 3.85. The van der Waals surface area contributed by atoms with E-state index in [9.17, 15) is 0 Å². The van der Waals surface area contributed by atoms with E-state index in [1.807, 2.05) is 6.20 Å². The first kappa shape index (κ1) is 24.2. The predicted molar refractivity (Wildman–Crippen MR) is 168 cm³/mol. The molecule has 0 radical (unpaired) electrons. The molecule has 0 saturated carbocycles. The number of aryl methyl sites for hydroxylation is 4. The smallest absolute Gasteiger partial charge is 0.144 e. The minimum Gasteiger partial charge on any atom is -0.309 e. The van der Waals surface area contributed by atoms with E-state index in [1.54, 1.807) is 0 Å². The number of benzene rings is 5. The van der Waals surface area contributed by atoms with Gasteiger partial charge in [0.2, 0.25) is 0 Å². The molecule has 7 rings (SSSR count). The van der Waals surface area contributed by atoms with Gasteiger partial charge in [-0.15, -0.1) is 0 Å². The molecule has 0 atom stereocenters. The zero-order valence-corrected chi connectivity index (χ0v) is 23.3. The van der Waals surface area contributed by atoms with Gasteiger partial charge in [0.15, 0.2) is 0 Å². The van der Waals surface area contributed by atoms with Gasteiger partial charge in [-0.2, -0.15) is 0 Å². The van der Waals surface area contributed by atoms with Gasteiger partial charge < -0.3 is 4.57 Å². The van der Waals surface area contributed by atoms with Crippen LogP contribution in [0, 0.1) is 27.7 Å². The Hall–Kier alpha value is -4.89. The maximum Gasteiger partial charge on any atom is 0.144 e. The van der Waals surface area contributed by atoms with Gasteiger partial charge in [-0.1, -0.05) is 71.8 Å². The van der Waals surface area contributed by atoms with E-state index in [0.29, 0.717) is 0 Å². The molecule has 3 heteroatoms. The number of imidazole rings is 1. The van der Waals surface area contributed by atoms with Crippen molar-refractivity contribution in [1.29, 1.82) is 0 Å². The lowest BCUT2D eigenvalue weighted by Gasteiger charge is -2.17. The van der Waals surface area contributed by atoms with Gasteiger partial charge in [-0.05, 0) is 87.4 Å². The number of rotatable bonds is 4. The number of hydrogen-bond acceptors (Lipinski definition) is 1. The molecule has 0 bridgehead atoms. The fraction of sp³-hybridized carbons (Fsp3) is 0.108. The zero-order valence-electron chi connectivity index (χ0n) is 23.3. The molecule has 0 aliphatic heterocycles. The summed E-state index contributed by atoms with van der Waals surface area (Å²) in [5, 5.41) is 2.59. The minimum atomic E-state index is 0.948. The van der Waals surface area contributed by atoms with Crippen LogP contribution in [0.5, 0.6) is 0 Å². The third-order valence-corrected chi connectivity index (χ3v) is 7.94. The summed E-state index contributed by atoms with van der Waals surface area (Å²) in [6.45, 7) is 8.66. The third-order valence-electron chi connectivity index (χ3n) is 7.94. The Morgan fingerprint density at radius 2 is 1.18 bits per heavy atom. The summed E-state index contributed by atoms with van der Waals surface area (Å²) < 4.78 is 4.69. The molecule has 2 heterocycles. The SMILES string of the molecule is Cc1ccc2c(c1)c1cc(C)ccc1n2-c1ccc(-c2ncc(C)n2-c2ccccc2-c2ccccc2)cc1C. The van der Waals surface area contributed by atoms with Crippen molar-refractivity contribution in [3.05, 3.63) is 138 Å². The molecule has 5 aromatic carbocycles. The van der Waals surface area contributed by atoms with Crippen LogP contribution in [0.4, 0.5) is 0 Å². The highest BCUT2D eigenvalue weighted by atomic mass is 15.1. The topological polar surface area (TPSA) is 22.8 Å². The van der Waals surface area contributed by atoms with Crippen LogP contribution in [-0.2, 0) is 0 Å². The number of aromatic nitrogens is 3. The Morgan fingerprint density at radius 3 is 1.85 bits per heavy atom. The van der Waals surface area contributed by atoms with Crippen LogP contribution in [-0.4, -0.2) is 14.1 Å². The lowest BCUT2D eigenvalue weighted by molar-refractivity contribution is 1.01. The molecule has 7 aromatic rings. The second-order valence-electron chi connectivity index (χ2n) is 10.8. The molecule has 2 aromatic heterocycles. The summed E-state index contributed by atoms with van der Waals surface area (Å²) >= 11 is 0. The molecular weight excluding hydrogens is 486 g/mol. The van der Waals surface area contributed by atoms with Crippen LogP contribution in [0.3, 0.4) is 0 Å². The Labute approximate surface area is 235 Å². The Bertz CT molecular complexity index is 1980. The second-order valence-corrected chi connectivity index (χ2v) is 10.8. The summed E-state index contributed by atoms with van der Waals surface area (Å²) in [4.78, 5) is 4.91. The van der Waals surface area contributed by atoms with Crippen LogP contribution >= 0.6 is 0 Å². The van der Waals surface area contributed by atoms with Gasteiger partial charge in [0.1, 0.15) is 5.82 Å². The molecule has 194 valence electrons. The van der Waals surface area contributed by atoms with Crippen molar-refractivity contribution in [2.24, 2.45) is 0 Å². The standard InChI is InChI=1S/C37H31N3/c1-24-14-17-35-31(20-24)32-21-25(2)15-18-36(32)40(35)33-19-16-29(22-26(33)3)37-38-23-27(4)39(37)34-13-9-8-12-30(34)28-10-6-5-7-11-28/h5-23H,1-4H3. The van der Waals surface area contributed by atoms with Gasteiger partial charge in [0.25, 0.3) is 0 Å². The van der Waals surface area contributed by atoms with Crippen molar-refractivity contribution in [1.82, 2.24) is 14.1 Å². The highest BCUT2D eigenvalue weighted by molar-refractivity contribution is 6.09. The van der Waals surface area contributed by atoms with E-state index in [-0.39, 0.29) is 0 Å². The molecule has 0 aliphatic carbocycles. The van der Waals surface area contributed by atoms with Crippen molar-refractivity contribution < 1.29 is 0 Å². The van der Waals surface area contributed by atoms with Gasteiger partial charge in [-0.3, -0.25) is 4.57 Å². The summed E-state index contributed by atoms with van der Waals surface area (Å²) in [5.74, 6) is 0.948. The summed E-state index contributed by atoms with van der Waals surface area (Å²) in [6, 6.07) is 39.4. The monoisotopic (exact) mass is 517 g/mol. The Balaban J connectivity index is 1.40. The van der Waals surface area contributed by atoms with Crippen LogP contribution in [0.15, 0.2) is 115 Å². The number of nitrogens with zero attached hydrogens (tertiary/aromatic N) is 3. The first-order chi connectivity index (χ1) is 19.5. The summed E-state index contributed by atoms with van der Waals surface area (Å²) in [7, 11) is 0. The number of hydrogen-bond donors (Lipinski definition) is 0. The number of para-hydroxylation sites is 1. The van der Waals surface area contributed by atoms with E-state index < -0.39 is 0 Å². The minimum absolute atomic E-state index is 0.948. The molecule has 0 N–H and O–H groups in total. The average Bonchev–Trinajstić information content (AvgIpc) is 3.50. The molecule has 3 nitrogen and oxygen atoms in total. The molecule has 0 fully saturated rings. The average molecular weight is 518 g/mol. The zero-order chi connectivity index (χ0) is 27.4. The molecular formula is C37H31N3. The van der Waals surface area contributed by atoms with Gasteiger partial charge in [0.05, 0.1) is 16.7 Å². The van der Waals surface area contributed by atoms with Gasteiger partial charge >= 0.3 is 0 Å². The van der Waals surface area contributed by atoms with E-state index in [0.717, 1.165) is 22.8 Å². The second kappa shape index (κ2) is 9.39. The molecule has 0 aliphatic rings. The van der Waals surface area contributed by atoms with Crippen LogP contribution in [0.25, 0.3) is 55.7 Å². The summed E-state index contributed by atoms with van der Waals surface area (Å²) in [6.07, 6.45) is 1.97. The highest BCUT2D eigenvalue weighted by Crippen LogP contribution is 2.36. The van der Waals surface area contributed by atoms with Crippen LogP contribution < -0.4 is 0 Å². The fourth-order valence-electron chi connectivity index (χ4n) is 6.03. The normalized spacial score (nSPS) is 11.5. The molecule has 0 saturated heterocycles. The van der Waals surface area contributed by atoms with Gasteiger partial charge in [0, 0.05) is 39.5 Å². The predicted octanol–water partition coefficient (Wildman–Crippen LogP) is 9.54. The van der Waals surface area contributed by atoms with Crippen molar-refractivity contribution in [2.75, 3.05) is 0 Å². The molecule has 0 spiro atoms. The van der Waals surface area contributed by atoms with Gasteiger partial charge in [-0.25, -0.2) is 4.98 Å². The van der Waals surface area contributed by atoms with E-state index in [4.69, 9.17) is 4.98 Å². The number of fused-ring (bicyclic) bond motifs is 3. The Kier molecular flexibility index (Phi) is 5.67. The van der Waals surface area contributed by atoms with E-state index in [1.165, 1.54) is 55.3 Å². The lowest BCUT2D eigenvalue weighted by atomic mass is 10.0. The van der Waals surface area contributed by atoms with Crippen LogP contribution in [0.2, 0.25) is 0 Å². The highest BCUT2D eigenvalue weighted by Gasteiger charge is 2.18. The quantitative estimate of drug-likeness (QED) is 0.228. The lowest BCUT2D eigenvalue weighted by Crippen LogP contribution is -2.03. The maximum atomic E-state index is 4.91. The molecule has 40 heavy (non-hydrogen) atoms. The van der Waals surface area contributed by atoms with Crippen molar-refractivity contribution in [3.8, 4) is 33.9 Å². The fourth-order valence-corrected chi connectivity index (χ4v) is 6.03. The van der Waals surface area contributed by atoms with Crippen molar-refractivity contribution >= 4 is 21.8 Å².